The van der Waals surface area contributed by atoms with Crippen LogP contribution >= 0.6 is 0 Å². The summed E-state index contributed by atoms with van der Waals surface area (Å²) in [5, 5.41) is 9.45. The lowest BCUT2D eigenvalue weighted by Gasteiger charge is -2.14. The molecular weight excluding hydrogens is 336 g/mol. The zero-order valence-corrected chi connectivity index (χ0v) is 15.7. The number of benzene rings is 1. The van der Waals surface area contributed by atoms with Crippen LogP contribution in [0, 0.1) is 0 Å². The molecule has 0 bridgehead atoms. The van der Waals surface area contributed by atoms with E-state index < -0.39 is 15.1 Å². The monoisotopic (exact) mass is 362 g/mol. The number of rotatable bonds is 6. The molecule has 2 atom stereocenters. The van der Waals surface area contributed by atoms with Crippen molar-refractivity contribution in [2.45, 2.75) is 50.9 Å². The van der Waals surface area contributed by atoms with Crippen molar-refractivity contribution in [3.8, 4) is 5.75 Å². The van der Waals surface area contributed by atoms with Gasteiger partial charge in [0.15, 0.2) is 9.84 Å². The average Bonchev–Trinajstić information content (AvgIpc) is 3.09. The lowest BCUT2D eigenvalue weighted by Crippen LogP contribution is -2.19. The Balaban J connectivity index is 1.71. The molecule has 5 heteroatoms. The van der Waals surface area contributed by atoms with Gasteiger partial charge in [-0.05, 0) is 37.8 Å². The van der Waals surface area contributed by atoms with Gasteiger partial charge in [-0.3, -0.25) is 0 Å². The summed E-state index contributed by atoms with van der Waals surface area (Å²) in [5.41, 5.74) is 4.07. The van der Waals surface area contributed by atoms with E-state index in [1.54, 1.807) is 12.1 Å². The van der Waals surface area contributed by atoms with E-state index in [0.717, 1.165) is 48.0 Å². The summed E-state index contributed by atoms with van der Waals surface area (Å²) in [6.07, 6.45) is 5.29. The number of ether oxygens (including phenoxy) is 1. The van der Waals surface area contributed by atoms with Gasteiger partial charge in [-0.15, -0.1) is 0 Å². The fourth-order valence-electron chi connectivity index (χ4n) is 3.83. The van der Waals surface area contributed by atoms with Crippen LogP contribution in [0.25, 0.3) is 6.08 Å². The molecule has 0 unspecified atom stereocenters. The van der Waals surface area contributed by atoms with E-state index >= 15 is 0 Å². The number of hydrogen-bond donors (Lipinski definition) is 1. The third kappa shape index (κ3) is 3.82. The van der Waals surface area contributed by atoms with Gasteiger partial charge >= 0.3 is 0 Å². The Morgan fingerprint density at radius 2 is 2.12 bits per heavy atom. The van der Waals surface area contributed by atoms with Crippen molar-refractivity contribution >= 4 is 15.9 Å². The van der Waals surface area contributed by atoms with E-state index in [1.807, 2.05) is 25.1 Å². The molecule has 2 heterocycles. The standard InChI is InChI=1S/C20H26O4S/c1-3-6-16-13-25(22,23)19-12-24-18(20(16)19)10-9-14(2)11-15-7-4-5-8-17(15)21/h4-5,7-8,11,18-19,21H,3,6,9-10,12-13H2,1-2H3/b14-11+/t18-,19+/m1/s1. The second-order valence-corrected chi connectivity index (χ2v) is 9.20. The molecule has 0 spiro atoms. The van der Waals surface area contributed by atoms with Gasteiger partial charge in [-0.2, -0.15) is 0 Å². The first-order valence-corrected chi connectivity index (χ1v) is 10.6. The van der Waals surface area contributed by atoms with Crippen LogP contribution < -0.4 is 0 Å². The first-order chi connectivity index (χ1) is 11.9. The summed E-state index contributed by atoms with van der Waals surface area (Å²) in [7, 11) is -3.07. The Hall–Kier alpha value is -1.59. The number of phenols is 1. The predicted octanol–water partition coefficient (Wildman–Crippen LogP) is 3.87. The molecule has 3 rings (SSSR count). The highest BCUT2D eigenvalue weighted by Gasteiger charge is 2.46. The number of phenolic OH excluding ortho intramolecular Hbond substituents is 1. The Morgan fingerprint density at radius 3 is 2.84 bits per heavy atom. The summed E-state index contributed by atoms with van der Waals surface area (Å²) < 4.78 is 30.5. The van der Waals surface area contributed by atoms with Crippen molar-refractivity contribution in [2.75, 3.05) is 12.4 Å². The molecule has 0 saturated carbocycles. The summed E-state index contributed by atoms with van der Waals surface area (Å²) in [6.45, 7) is 4.42. The van der Waals surface area contributed by atoms with Gasteiger partial charge in [-0.1, -0.05) is 48.8 Å². The molecule has 0 radical (unpaired) electrons. The summed E-state index contributed by atoms with van der Waals surface area (Å²) in [5.74, 6) is 0.488. The van der Waals surface area contributed by atoms with Gasteiger partial charge in [-0.25, -0.2) is 8.42 Å². The van der Waals surface area contributed by atoms with Crippen LogP contribution in [0.5, 0.6) is 5.75 Å². The van der Waals surface area contributed by atoms with Crippen molar-refractivity contribution in [3.05, 3.63) is 46.5 Å². The van der Waals surface area contributed by atoms with Gasteiger partial charge in [0.2, 0.25) is 0 Å². The minimum absolute atomic E-state index is 0.0865. The number of allylic oxidation sites excluding steroid dienone is 1. The Kier molecular flexibility index (Phi) is 5.35. The molecule has 25 heavy (non-hydrogen) atoms. The fraction of sp³-hybridized carbons (Fsp3) is 0.500. The van der Waals surface area contributed by atoms with E-state index in [2.05, 4.69) is 6.92 Å². The Labute approximate surface area is 150 Å². The molecule has 1 N–H and O–H groups in total. The quantitative estimate of drug-likeness (QED) is 0.780. The summed E-state index contributed by atoms with van der Waals surface area (Å²) >= 11 is 0. The van der Waals surface area contributed by atoms with Crippen LogP contribution in [-0.4, -0.2) is 37.2 Å². The van der Waals surface area contributed by atoms with E-state index in [1.165, 1.54) is 0 Å². The summed E-state index contributed by atoms with van der Waals surface area (Å²) in [6, 6.07) is 7.26. The van der Waals surface area contributed by atoms with E-state index in [9.17, 15) is 13.5 Å². The highest BCUT2D eigenvalue weighted by Crippen LogP contribution is 2.40. The molecule has 1 saturated heterocycles. The van der Waals surface area contributed by atoms with E-state index in [0.29, 0.717) is 6.61 Å². The van der Waals surface area contributed by atoms with Crippen LogP contribution in [0.2, 0.25) is 0 Å². The van der Waals surface area contributed by atoms with E-state index in [-0.39, 0.29) is 17.6 Å². The van der Waals surface area contributed by atoms with Gasteiger partial charge in [0.25, 0.3) is 0 Å². The predicted molar refractivity (Wildman–Crippen MR) is 100 cm³/mol. The molecule has 2 aliphatic rings. The highest BCUT2D eigenvalue weighted by atomic mass is 32.2. The maximum Gasteiger partial charge on any atom is 0.163 e. The van der Waals surface area contributed by atoms with E-state index in [4.69, 9.17) is 4.74 Å². The average molecular weight is 362 g/mol. The first kappa shape index (κ1) is 18.2. The number of para-hydroxylation sites is 1. The van der Waals surface area contributed by atoms with Crippen molar-refractivity contribution in [1.29, 1.82) is 0 Å². The minimum Gasteiger partial charge on any atom is -0.507 e. The van der Waals surface area contributed by atoms with Crippen molar-refractivity contribution in [3.63, 3.8) is 0 Å². The van der Waals surface area contributed by atoms with Gasteiger partial charge < -0.3 is 9.84 Å². The van der Waals surface area contributed by atoms with Gasteiger partial charge in [0.1, 0.15) is 11.0 Å². The molecule has 2 aliphatic heterocycles. The molecule has 1 aromatic carbocycles. The van der Waals surface area contributed by atoms with Crippen molar-refractivity contribution in [2.24, 2.45) is 0 Å². The van der Waals surface area contributed by atoms with Crippen molar-refractivity contribution < 1.29 is 18.3 Å². The lowest BCUT2D eigenvalue weighted by molar-refractivity contribution is 0.117. The third-order valence-corrected chi connectivity index (χ3v) is 7.06. The first-order valence-electron chi connectivity index (χ1n) is 8.92. The second kappa shape index (κ2) is 7.34. The Bertz CT molecular complexity index is 805. The zero-order valence-electron chi connectivity index (χ0n) is 14.9. The molecule has 0 aliphatic carbocycles. The van der Waals surface area contributed by atoms with Crippen LogP contribution in [0.1, 0.15) is 45.1 Å². The topological polar surface area (TPSA) is 63.6 Å². The maximum absolute atomic E-state index is 12.3. The molecule has 1 fully saturated rings. The van der Waals surface area contributed by atoms with Crippen LogP contribution in [0.3, 0.4) is 0 Å². The van der Waals surface area contributed by atoms with Gasteiger partial charge in [0, 0.05) is 5.56 Å². The molecule has 0 aromatic heterocycles. The Morgan fingerprint density at radius 1 is 1.36 bits per heavy atom. The van der Waals surface area contributed by atoms with Crippen LogP contribution in [-0.2, 0) is 14.6 Å². The molecule has 0 amide bonds. The normalized spacial score (nSPS) is 25.4. The second-order valence-electron chi connectivity index (χ2n) is 7.01. The number of hydrogen-bond acceptors (Lipinski definition) is 4. The number of aromatic hydroxyl groups is 1. The molecule has 1 aromatic rings. The van der Waals surface area contributed by atoms with Crippen molar-refractivity contribution in [1.82, 2.24) is 0 Å². The largest absolute Gasteiger partial charge is 0.507 e. The maximum atomic E-state index is 12.3. The lowest BCUT2D eigenvalue weighted by atomic mass is 9.95. The van der Waals surface area contributed by atoms with Crippen LogP contribution in [0.4, 0.5) is 0 Å². The zero-order chi connectivity index (χ0) is 18.0. The number of fused-ring (bicyclic) bond motifs is 1. The molecule has 136 valence electrons. The smallest absolute Gasteiger partial charge is 0.163 e. The SMILES string of the molecule is CCCC1=C2[C@@H](CC/C(C)=C/c3ccccc3O)OC[C@@H]2S(=O)(=O)C1. The fourth-order valence-corrected chi connectivity index (χ4v) is 5.82. The third-order valence-electron chi connectivity index (χ3n) is 5.05. The minimum atomic E-state index is -3.07. The van der Waals surface area contributed by atoms with Gasteiger partial charge in [0.05, 0.1) is 18.5 Å². The summed E-state index contributed by atoms with van der Waals surface area (Å²) in [4.78, 5) is 0. The number of sulfone groups is 1. The highest BCUT2D eigenvalue weighted by molar-refractivity contribution is 7.92. The van der Waals surface area contributed by atoms with Crippen LogP contribution in [0.15, 0.2) is 41.0 Å². The molecular formula is C20H26O4S. The molecule has 4 nitrogen and oxygen atoms in total.